The van der Waals surface area contributed by atoms with Crippen molar-refractivity contribution in [3.63, 3.8) is 0 Å². The third kappa shape index (κ3) is 4.38. The van der Waals surface area contributed by atoms with Gasteiger partial charge in [-0.2, -0.15) is 0 Å². The van der Waals surface area contributed by atoms with Gasteiger partial charge in [-0.25, -0.2) is 4.39 Å². The maximum absolute atomic E-state index is 14.6. The van der Waals surface area contributed by atoms with Crippen molar-refractivity contribution < 1.29 is 9.13 Å². The highest BCUT2D eigenvalue weighted by Crippen LogP contribution is 2.37. The number of hydrogen-bond acceptors (Lipinski definition) is 4. The third-order valence-corrected chi connectivity index (χ3v) is 4.52. The standard InChI is InChI=1S/C20H22ClFN2OS/c1-20(2,3)15-11-17(23)18(22)14(19(15)25-4)9-7-12-6-8-13(24-26-5)10-16(12)21/h6,8,10-11,24H,23H2,1-5H3. The third-order valence-electron chi connectivity index (χ3n) is 3.77. The van der Waals surface area contributed by atoms with Crippen molar-refractivity contribution in [2.75, 3.05) is 23.8 Å². The fraction of sp³-hybridized carbons (Fsp3) is 0.300. The predicted molar refractivity (Wildman–Crippen MR) is 111 cm³/mol. The summed E-state index contributed by atoms with van der Waals surface area (Å²) in [6, 6.07) is 7.03. The monoisotopic (exact) mass is 392 g/mol. The molecule has 0 heterocycles. The van der Waals surface area contributed by atoms with Gasteiger partial charge in [-0.05, 0) is 29.7 Å². The minimum Gasteiger partial charge on any atom is -0.495 e. The summed E-state index contributed by atoms with van der Waals surface area (Å²) in [4.78, 5) is 0. The van der Waals surface area contributed by atoms with E-state index in [1.54, 1.807) is 18.2 Å². The summed E-state index contributed by atoms with van der Waals surface area (Å²) in [6.45, 7) is 6.02. The Morgan fingerprint density at radius 2 is 1.92 bits per heavy atom. The van der Waals surface area contributed by atoms with Crippen LogP contribution in [-0.4, -0.2) is 13.4 Å². The fourth-order valence-electron chi connectivity index (χ4n) is 2.47. The second-order valence-corrected chi connectivity index (χ2v) is 7.76. The lowest BCUT2D eigenvalue weighted by Crippen LogP contribution is -2.15. The number of ether oxygens (including phenoxy) is 1. The Bertz CT molecular complexity index is 882. The van der Waals surface area contributed by atoms with Crippen LogP contribution in [0.3, 0.4) is 0 Å². The lowest BCUT2D eigenvalue weighted by Gasteiger charge is -2.24. The van der Waals surface area contributed by atoms with Crippen LogP contribution in [0, 0.1) is 17.7 Å². The Morgan fingerprint density at radius 3 is 2.46 bits per heavy atom. The summed E-state index contributed by atoms with van der Waals surface area (Å²) in [5.41, 5.74) is 8.04. The van der Waals surface area contributed by atoms with Crippen LogP contribution in [0.15, 0.2) is 24.3 Å². The number of benzene rings is 2. The van der Waals surface area contributed by atoms with Crippen LogP contribution in [0.1, 0.15) is 37.5 Å². The SMILES string of the molecule is COc1c(C(C)(C)C)cc(N)c(F)c1C#Cc1ccc(NSC)cc1Cl. The number of halogens is 2. The van der Waals surface area contributed by atoms with E-state index in [2.05, 4.69) is 16.6 Å². The number of rotatable bonds is 3. The Balaban J connectivity index is 2.58. The molecule has 0 aromatic heterocycles. The molecule has 0 spiro atoms. The molecule has 0 fully saturated rings. The van der Waals surface area contributed by atoms with E-state index in [1.165, 1.54) is 19.1 Å². The smallest absolute Gasteiger partial charge is 0.165 e. The van der Waals surface area contributed by atoms with Crippen LogP contribution in [0.5, 0.6) is 5.75 Å². The molecule has 2 aromatic rings. The van der Waals surface area contributed by atoms with Gasteiger partial charge in [0.05, 0.1) is 17.8 Å². The van der Waals surface area contributed by atoms with E-state index < -0.39 is 5.82 Å². The molecule has 2 rings (SSSR count). The van der Waals surface area contributed by atoms with E-state index in [-0.39, 0.29) is 16.7 Å². The number of nitrogens with two attached hydrogens (primary N) is 1. The summed E-state index contributed by atoms with van der Waals surface area (Å²) in [5.74, 6) is 5.59. The van der Waals surface area contributed by atoms with Crippen LogP contribution in [0.4, 0.5) is 15.8 Å². The molecular formula is C20H22ClFN2OS. The number of hydrogen-bond donors (Lipinski definition) is 2. The molecule has 0 saturated heterocycles. The zero-order chi connectivity index (χ0) is 19.5. The van der Waals surface area contributed by atoms with E-state index in [9.17, 15) is 4.39 Å². The van der Waals surface area contributed by atoms with Crippen LogP contribution in [-0.2, 0) is 5.41 Å². The van der Waals surface area contributed by atoms with Crippen LogP contribution in [0.2, 0.25) is 5.02 Å². The molecule has 0 atom stereocenters. The van der Waals surface area contributed by atoms with Gasteiger partial charge in [0, 0.05) is 23.1 Å². The van der Waals surface area contributed by atoms with Gasteiger partial charge in [-0.3, -0.25) is 0 Å². The highest BCUT2D eigenvalue weighted by Gasteiger charge is 2.24. The van der Waals surface area contributed by atoms with Crippen LogP contribution >= 0.6 is 23.5 Å². The predicted octanol–water partition coefficient (Wildman–Crippen LogP) is 5.46. The molecule has 0 amide bonds. The minimum atomic E-state index is -0.584. The summed E-state index contributed by atoms with van der Waals surface area (Å²) in [5, 5.41) is 0.482. The van der Waals surface area contributed by atoms with Gasteiger partial charge in [-0.1, -0.05) is 56.2 Å². The van der Waals surface area contributed by atoms with Crippen molar-refractivity contribution in [3.05, 3.63) is 51.8 Å². The summed E-state index contributed by atoms with van der Waals surface area (Å²) in [7, 11) is 1.50. The highest BCUT2D eigenvalue weighted by molar-refractivity contribution is 7.99. The van der Waals surface area contributed by atoms with Gasteiger partial charge < -0.3 is 15.2 Å². The molecule has 26 heavy (non-hydrogen) atoms. The molecule has 0 unspecified atom stereocenters. The maximum Gasteiger partial charge on any atom is 0.165 e. The molecular weight excluding hydrogens is 371 g/mol. The van der Waals surface area contributed by atoms with E-state index in [1.807, 2.05) is 33.1 Å². The van der Waals surface area contributed by atoms with E-state index in [0.717, 1.165) is 11.3 Å². The zero-order valence-electron chi connectivity index (χ0n) is 15.5. The molecule has 0 aliphatic rings. The van der Waals surface area contributed by atoms with Crippen molar-refractivity contribution in [1.29, 1.82) is 0 Å². The van der Waals surface area contributed by atoms with Crippen molar-refractivity contribution in [1.82, 2.24) is 0 Å². The summed E-state index contributed by atoms with van der Waals surface area (Å²) in [6.07, 6.45) is 1.92. The molecule has 0 aliphatic carbocycles. The lowest BCUT2D eigenvalue weighted by atomic mass is 9.84. The molecule has 2 aromatic carbocycles. The van der Waals surface area contributed by atoms with Crippen molar-refractivity contribution in [3.8, 4) is 17.6 Å². The largest absolute Gasteiger partial charge is 0.495 e. The average molecular weight is 393 g/mol. The summed E-state index contributed by atoms with van der Waals surface area (Å²) >= 11 is 7.75. The van der Waals surface area contributed by atoms with Gasteiger partial charge in [0.15, 0.2) is 5.82 Å². The number of nitrogen functional groups attached to an aromatic ring is 1. The Morgan fingerprint density at radius 1 is 1.23 bits per heavy atom. The second kappa shape index (κ2) is 8.11. The molecule has 3 nitrogen and oxygen atoms in total. The van der Waals surface area contributed by atoms with Crippen LogP contribution < -0.4 is 15.2 Å². The van der Waals surface area contributed by atoms with E-state index in [4.69, 9.17) is 22.1 Å². The Hall–Kier alpha value is -2.03. The molecule has 3 N–H and O–H groups in total. The first-order chi connectivity index (χ1) is 12.2. The van der Waals surface area contributed by atoms with Crippen molar-refractivity contribution >= 4 is 34.9 Å². The van der Waals surface area contributed by atoms with Gasteiger partial charge in [0.2, 0.25) is 0 Å². The molecule has 0 radical (unpaired) electrons. The van der Waals surface area contributed by atoms with E-state index in [0.29, 0.717) is 16.3 Å². The topological polar surface area (TPSA) is 47.3 Å². The van der Waals surface area contributed by atoms with Crippen molar-refractivity contribution in [2.24, 2.45) is 0 Å². The average Bonchev–Trinajstić information content (AvgIpc) is 2.56. The quantitative estimate of drug-likeness (QED) is 0.414. The first-order valence-corrected chi connectivity index (χ1v) is 9.56. The van der Waals surface area contributed by atoms with Gasteiger partial charge in [-0.15, -0.1) is 0 Å². The number of nitrogens with one attached hydrogen (secondary N) is 1. The maximum atomic E-state index is 14.6. The molecule has 138 valence electrons. The van der Waals surface area contributed by atoms with Gasteiger partial charge >= 0.3 is 0 Å². The van der Waals surface area contributed by atoms with Gasteiger partial charge in [0.25, 0.3) is 0 Å². The molecule has 6 heteroatoms. The fourth-order valence-corrected chi connectivity index (χ4v) is 3.06. The summed E-state index contributed by atoms with van der Waals surface area (Å²) < 4.78 is 23.2. The first-order valence-electron chi connectivity index (χ1n) is 7.96. The van der Waals surface area contributed by atoms with E-state index >= 15 is 0 Å². The zero-order valence-corrected chi connectivity index (χ0v) is 17.0. The van der Waals surface area contributed by atoms with Crippen LogP contribution in [0.25, 0.3) is 0 Å². The first kappa shape index (κ1) is 20.3. The normalized spacial score (nSPS) is 10.9. The minimum absolute atomic E-state index is 0.0469. The number of anilines is 2. The Labute approximate surface area is 163 Å². The number of methoxy groups -OCH3 is 1. The molecule has 0 saturated carbocycles. The molecule has 0 aliphatic heterocycles. The molecule has 0 bridgehead atoms. The van der Waals surface area contributed by atoms with Gasteiger partial charge in [0.1, 0.15) is 11.3 Å². The second-order valence-electron chi connectivity index (χ2n) is 6.74. The lowest BCUT2D eigenvalue weighted by molar-refractivity contribution is 0.393. The highest BCUT2D eigenvalue weighted by atomic mass is 35.5. The van der Waals surface area contributed by atoms with Crippen molar-refractivity contribution in [2.45, 2.75) is 26.2 Å². The Kier molecular flexibility index (Phi) is 6.33.